The molecule has 84 valence electrons. The number of hydrogen-bond acceptors (Lipinski definition) is 2. The number of unbranched alkanes of at least 4 members (excludes halogenated alkanes) is 4. The van der Waals surface area contributed by atoms with Gasteiger partial charge in [0.15, 0.2) is 0 Å². The van der Waals surface area contributed by atoms with E-state index in [1.807, 2.05) is 0 Å². The second-order valence-corrected chi connectivity index (χ2v) is 4.23. The van der Waals surface area contributed by atoms with Crippen molar-refractivity contribution in [3.8, 4) is 0 Å². The Kier molecular flexibility index (Phi) is 7.06. The Labute approximate surface area is 88.4 Å². The van der Waals surface area contributed by atoms with Crippen LogP contribution in [0.3, 0.4) is 0 Å². The molecule has 0 saturated carbocycles. The third kappa shape index (κ3) is 5.61. The zero-order chi connectivity index (χ0) is 10.1. The highest BCUT2D eigenvalue weighted by atomic mass is 16.5. The monoisotopic (exact) mass is 199 g/mol. The molecule has 1 N–H and O–H groups in total. The lowest BCUT2D eigenvalue weighted by Crippen LogP contribution is -2.32. The van der Waals surface area contributed by atoms with Gasteiger partial charge in [-0.05, 0) is 32.4 Å². The van der Waals surface area contributed by atoms with Crippen LogP contribution in [0, 0.1) is 0 Å². The van der Waals surface area contributed by atoms with E-state index in [1.165, 1.54) is 44.9 Å². The van der Waals surface area contributed by atoms with Gasteiger partial charge in [-0.3, -0.25) is 0 Å². The van der Waals surface area contributed by atoms with E-state index in [2.05, 4.69) is 12.2 Å². The summed E-state index contributed by atoms with van der Waals surface area (Å²) in [7, 11) is 0. The van der Waals surface area contributed by atoms with Crippen LogP contribution in [0.15, 0.2) is 0 Å². The first-order valence-corrected chi connectivity index (χ1v) is 6.26. The molecule has 2 heteroatoms. The van der Waals surface area contributed by atoms with Gasteiger partial charge in [-0.15, -0.1) is 0 Å². The van der Waals surface area contributed by atoms with E-state index >= 15 is 0 Å². The molecule has 1 aliphatic heterocycles. The van der Waals surface area contributed by atoms with Gasteiger partial charge < -0.3 is 10.1 Å². The van der Waals surface area contributed by atoms with Crippen molar-refractivity contribution in [1.29, 1.82) is 0 Å². The van der Waals surface area contributed by atoms with Crippen LogP contribution in [0.1, 0.15) is 51.9 Å². The fourth-order valence-electron chi connectivity index (χ4n) is 1.92. The van der Waals surface area contributed by atoms with Crippen LogP contribution in [-0.2, 0) is 4.74 Å². The Hall–Kier alpha value is -0.0800. The molecule has 1 aliphatic rings. The van der Waals surface area contributed by atoms with Gasteiger partial charge in [0.2, 0.25) is 0 Å². The minimum atomic E-state index is 0.544. The molecular weight excluding hydrogens is 174 g/mol. The molecule has 0 aromatic rings. The maximum absolute atomic E-state index is 5.82. The highest BCUT2D eigenvalue weighted by Gasteiger charge is 2.12. The number of rotatable bonds is 7. The van der Waals surface area contributed by atoms with Crippen LogP contribution >= 0.6 is 0 Å². The fourth-order valence-corrected chi connectivity index (χ4v) is 1.92. The van der Waals surface area contributed by atoms with E-state index in [-0.39, 0.29) is 0 Å². The Bertz CT molecular complexity index is 121. The predicted molar refractivity (Wildman–Crippen MR) is 60.6 cm³/mol. The summed E-state index contributed by atoms with van der Waals surface area (Å²) in [6, 6.07) is 0. The molecule has 0 radical (unpaired) electrons. The van der Waals surface area contributed by atoms with Crippen molar-refractivity contribution in [2.45, 2.75) is 58.0 Å². The molecule has 1 heterocycles. The molecular formula is C12H25NO. The highest BCUT2D eigenvalue weighted by molar-refractivity contribution is 4.67. The van der Waals surface area contributed by atoms with E-state index in [4.69, 9.17) is 4.74 Å². The second kappa shape index (κ2) is 8.25. The fraction of sp³-hybridized carbons (Fsp3) is 1.00. The van der Waals surface area contributed by atoms with Gasteiger partial charge in [-0.2, -0.15) is 0 Å². The smallest absolute Gasteiger partial charge is 0.0599 e. The number of hydrogen-bond donors (Lipinski definition) is 1. The molecule has 0 aromatic carbocycles. The summed E-state index contributed by atoms with van der Waals surface area (Å²) in [6.45, 7) is 5.51. The summed E-state index contributed by atoms with van der Waals surface area (Å²) in [6.07, 6.45) is 9.64. The average Bonchev–Trinajstić information content (AvgIpc) is 2.25. The molecule has 14 heavy (non-hydrogen) atoms. The average molecular weight is 199 g/mol. The zero-order valence-electron chi connectivity index (χ0n) is 9.56. The van der Waals surface area contributed by atoms with Crippen LogP contribution in [0.4, 0.5) is 0 Å². The van der Waals surface area contributed by atoms with Crippen molar-refractivity contribution in [2.75, 3.05) is 19.7 Å². The Morgan fingerprint density at radius 2 is 1.79 bits per heavy atom. The minimum absolute atomic E-state index is 0.544. The molecule has 0 atom stereocenters. The molecule has 0 amide bonds. The molecule has 0 aliphatic carbocycles. The van der Waals surface area contributed by atoms with Crippen molar-refractivity contribution < 1.29 is 4.74 Å². The molecule has 1 saturated heterocycles. The first kappa shape index (κ1) is 12.0. The summed E-state index contributed by atoms with van der Waals surface area (Å²) >= 11 is 0. The summed E-state index contributed by atoms with van der Waals surface area (Å²) in [5.41, 5.74) is 0. The SMILES string of the molecule is CCCCCCCOC1CCNCC1. The van der Waals surface area contributed by atoms with Gasteiger partial charge >= 0.3 is 0 Å². The maximum Gasteiger partial charge on any atom is 0.0599 e. The minimum Gasteiger partial charge on any atom is -0.378 e. The lowest BCUT2D eigenvalue weighted by atomic mass is 10.1. The lowest BCUT2D eigenvalue weighted by Gasteiger charge is -2.22. The molecule has 1 rings (SSSR count). The molecule has 0 unspecified atom stereocenters. The topological polar surface area (TPSA) is 21.3 Å². The van der Waals surface area contributed by atoms with E-state index in [0.717, 1.165) is 19.7 Å². The third-order valence-corrected chi connectivity index (χ3v) is 2.89. The lowest BCUT2D eigenvalue weighted by molar-refractivity contribution is 0.0307. The summed E-state index contributed by atoms with van der Waals surface area (Å²) < 4.78 is 5.82. The Morgan fingerprint density at radius 1 is 1.07 bits per heavy atom. The van der Waals surface area contributed by atoms with Crippen molar-refractivity contribution in [2.24, 2.45) is 0 Å². The summed E-state index contributed by atoms with van der Waals surface area (Å²) in [5.74, 6) is 0. The summed E-state index contributed by atoms with van der Waals surface area (Å²) in [4.78, 5) is 0. The highest BCUT2D eigenvalue weighted by Crippen LogP contribution is 2.09. The van der Waals surface area contributed by atoms with Gasteiger partial charge in [0.05, 0.1) is 6.10 Å². The molecule has 0 aromatic heterocycles. The van der Waals surface area contributed by atoms with E-state index in [1.54, 1.807) is 0 Å². The van der Waals surface area contributed by atoms with Crippen LogP contribution in [0.5, 0.6) is 0 Å². The van der Waals surface area contributed by atoms with Gasteiger partial charge in [-0.1, -0.05) is 32.6 Å². The Morgan fingerprint density at radius 3 is 2.50 bits per heavy atom. The van der Waals surface area contributed by atoms with Crippen molar-refractivity contribution in [3.63, 3.8) is 0 Å². The first-order valence-electron chi connectivity index (χ1n) is 6.26. The van der Waals surface area contributed by atoms with Crippen molar-refractivity contribution >= 4 is 0 Å². The van der Waals surface area contributed by atoms with Gasteiger partial charge in [0, 0.05) is 6.61 Å². The third-order valence-electron chi connectivity index (χ3n) is 2.89. The van der Waals surface area contributed by atoms with E-state index < -0.39 is 0 Å². The zero-order valence-corrected chi connectivity index (χ0v) is 9.56. The predicted octanol–water partition coefficient (Wildman–Crippen LogP) is 2.73. The number of nitrogens with one attached hydrogen (secondary N) is 1. The normalized spacial score (nSPS) is 18.6. The molecule has 2 nitrogen and oxygen atoms in total. The quantitative estimate of drug-likeness (QED) is 0.637. The standard InChI is InChI=1S/C12H25NO/c1-2-3-4-5-6-11-14-12-7-9-13-10-8-12/h12-13H,2-11H2,1H3. The van der Waals surface area contributed by atoms with Crippen molar-refractivity contribution in [1.82, 2.24) is 5.32 Å². The summed E-state index contributed by atoms with van der Waals surface area (Å²) in [5, 5.41) is 3.35. The van der Waals surface area contributed by atoms with Crippen molar-refractivity contribution in [3.05, 3.63) is 0 Å². The Balaban J connectivity index is 1.82. The van der Waals surface area contributed by atoms with E-state index in [0.29, 0.717) is 6.10 Å². The van der Waals surface area contributed by atoms with Gasteiger partial charge in [0.1, 0.15) is 0 Å². The second-order valence-electron chi connectivity index (χ2n) is 4.23. The van der Waals surface area contributed by atoms with Crippen LogP contribution < -0.4 is 5.32 Å². The van der Waals surface area contributed by atoms with Crippen LogP contribution in [0.25, 0.3) is 0 Å². The number of ether oxygens (including phenoxy) is 1. The molecule has 0 spiro atoms. The number of piperidine rings is 1. The van der Waals surface area contributed by atoms with Gasteiger partial charge in [0.25, 0.3) is 0 Å². The van der Waals surface area contributed by atoms with Crippen LogP contribution in [-0.4, -0.2) is 25.8 Å². The molecule has 1 fully saturated rings. The van der Waals surface area contributed by atoms with E-state index in [9.17, 15) is 0 Å². The maximum atomic E-state index is 5.82. The van der Waals surface area contributed by atoms with Crippen LogP contribution in [0.2, 0.25) is 0 Å². The molecule has 0 bridgehead atoms. The van der Waals surface area contributed by atoms with Gasteiger partial charge in [-0.25, -0.2) is 0 Å². The largest absolute Gasteiger partial charge is 0.378 e. The first-order chi connectivity index (χ1) is 6.93.